The van der Waals surface area contributed by atoms with Gasteiger partial charge in [-0.05, 0) is 68.8 Å². The highest BCUT2D eigenvalue weighted by atomic mass is 19.1. The summed E-state index contributed by atoms with van der Waals surface area (Å²) >= 11 is 0. The van der Waals surface area contributed by atoms with Crippen LogP contribution >= 0.6 is 0 Å². The summed E-state index contributed by atoms with van der Waals surface area (Å²) in [5, 5.41) is 0. The van der Waals surface area contributed by atoms with Crippen molar-refractivity contribution < 1.29 is 9.18 Å². The molecular formula is C21H29FN2O. The van der Waals surface area contributed by atoms with Gasteiger partial charge in [-0.15, -0.1) is 6.58 Å². The third kappa shape index (κ3) is 4.91. The molecule has 0 radical (unpaired) electrons. The summed E-state index contributed by atoms with van der Waals surface area (Å²) in [7, 11) is 0. The van der Waals surface area contributed by atoms with E-state index in [0.29, 0.717) is 11.8 Å². The fourth-order valence-corrected chi connectivity index (χ4v) is 4.11. The van der Waals surface area contributed by atoms with Crippen LogP contribution in [0.15, 0.2) is 36.9 Å². The van der Waals surface area contributed by atoms with Gasteiger partial charge < -0.3 is 4.90 Å². The Kier molecular flexibility index (Phi) is 6.24. The third-order valence-corrected chi connectivity index (χ3v) is 5.69. The van der Waals surface area contributed by atoms with Crippen LogP contribution in [0.5, 0.6) is 0 Å². The molecule has 136 valence electrons. The molecule has 1 amide bonds. The van der Waals surface area contributed by atoms with Crippen LogP contribution in [0.2, 0.25) is 0 Å². The first kappa shape index (κ1) is 18.1. The van der Waals surface area contributed by atoms with Crippen molar-refractivity contribution in [3.63, 3.8) is 0 Å². The van der Waals surface area contributed by atoms with E-state index >= 15 is 0 Å². The normalized spacial score (nSPS) is 20.6. The Balaban J connectivity index is 1.43. The number of halogens is 1. The zero-order chi connectivity index (χ0) is 17.6. The fraction of sp³-hybridized carbons (Fsp3) is 0.571. The van der Waals surface area contributed by atoms with Gasteiger partial charge in [0.15, 0.2) is 0 Å². The average molecular weight is 344 g/mol. The number of likely N-dealkylation sites (tertiary alicyclic amines) is 2. The van der Waals surface area contributed by atoms with Crippen LogP contribution < -0.4 is 0 Å². The molecule has 4 heteroatoms. The van der Waals surface area contributed by atoms with E-state index in [9.17, 15) is 9.18 Å². The van der Waals surface area contributed by atoms with Gasteiger partial charge in [-0.2, -0.15) is 0 Å². The first-order chi connectivity index (χ1) is 12.2. The standard InChI is InChI=1S/C21H29FN2O/c1-2-11-23-12-9-19(10-13-23)21(25)24-14-7-18(8-15-24)16-17-3-5-20(22)6-4-17/h2-6,18-19H,1,7-16H2. The lowest BCUT2D eigenvalue weighted by molar-refractivity contribution is -0.138. The van der Waals surface area contributed by atoms with E-state index < -0.39 is 0 Å². The van der Waals surface area contributed by atoms with Crippen LogP contribution in [0.4, 0.5) is 4.39 Å². The third-order valence-electron chi connectivity index (χ3n) is 5.69. The van der Waals surface area contributed by atoms with E-state index in [1.807, 2.05) is 18.2 Å². The van der Waals surface area contributed by atoms with E-state index in [-0.39, 0.29) is 11.7 Å². The molecule has 0 N–H and O–H groups in total. The first-order valence-corrected chi connectivity index (χ1v) is 9.52. The summed E-state index contributed by atoms with van der Waals surface area (Å²) in [5.41, 5.74) is 1.20. The van der Waals surface area contributed by atoms with Crippen molar-refractivity contribution in [3.8, 4) is 0 Å². The predicted octanol–water partition coefficient (Wildman–Crippen LogP) is 3.50. The topological polar surface area (TPSA) is 23.6 Å². The summed E-state index contributed by atoms with van der Waals surface area (Å²) in [4.78, 5) is 17.2. The van der Waals surface area contributed by atoms with Gasteiger partial charge in [-0.1, -0.05) is 18.2 Å². The molecule has 0 aliphatic carbocycles. The number of benzene rings is 1. The number of hydrogen-bond acceptors (Lipinski definition) is 2. The number of nitrogens with zero attached hydrogens (tertiary/aromatic N) is 2. The molecule has 3 rings (SSSR count). The van der Waals surface area contributed by atoms with Crippen molar-refractivity contribution in [3.05, 3.63) is 48.3 Å². The van der Waals surface area contributed by atoms with Crippen LogP contribution in [0, 0.1) is 17.7 Å². The maximum Gasteiger partial charge on any atom is 0.225 e. The predicted molar refractivity (Wildman–Crippen MR) is 98.8 cm³/mol. The largest absolute Gasteiger partial charge is 0.342 e. The van der Waals surface area contributed by atoms with Crippen LogP contribution in [0.1, 0.15) is 31.2 Å². The zero-order valence-electron chi connectivity index (χ0n) is 15.0. The van der Waals surface area contributed by atoms with Gasteiger partial charge in [-0.3, -0.25) is 9.69 Å². The highest BCUT2D eigenvalue weighted by molar-refractivity contribution is 5.79. The molecule has 0 saturated carbocycles. The second-order valence-corrected chi connectivity index (χ2v) is 7.46. The molecule has 1 aromatic carbocycles. The van der Waals surface area contributed by atoms with Gasteiger partial charge >= 0.3 is 0 Å². The Labute approximate surface area is 150 Å². The maximum atomic E-state index is 13.0. The van der Waals surface area contributed by atoms with Crippen molar-refractivity contribution in [1.29, 1.82) is 0 Å². The quantitative estimate of drug-likeness (QED) is 0.763. The average Bonchev–Trinajstić information content (AvgIpc) is 2.65. The van der Waals surface area contributed by atoms with Crippen LogP contribution in [-0.4, -0.2) is 48.4 Å². The molecule has 0 bridgehead atoms. The number of carbonyl (C=O) groups is 1. The number of carbonyl (C=O) groups excluding carboxylic acids is 1. The Bertz CT molecular complexity index is 570. The molecule has 2 aliphatic rings. The molecule has 0 spiro atoms. The van der Waals surface area contributed by atoms with Gasteiger partial charge in [0.2, 0.25) is 5.91 Å². The maximum absolute atomic E-state index is 13.0. The summed E-state index contributed by atoms with van der Waals surface area (Å²) < 4.78 is 13.0. The Morgan fingerprint density at radius 1 is 1.08 bits per heavy atom. The summed E-state index contributed by atoms with van der Waals surface area (Å²) in [6.07, 6.45) is 6.98. The van der Waals surface area contributed by atoms with Gasteiger partial charge in [0.05, 0.1) is 0 Å². The zero-order valence-corrected chi connectivity index (χ0v) is 15.0. The minimum Gasteiger partial charge on any atom is -0.342 e. The van der Waals surface area contributed by atoms with Crippen LogP contribution in [-0.2, 0) is 11.2 Å². The molecule has 25 heavy (non-hydrogen) atoms. The van der Waals surface area contributed by atoms with E-state index in [1.165, 1.54) is 17.7 Å². The van der Waals surface area contributed by atoms with Gasteiger partial charge in [0.1, 0.15) is 5.82 Å². The van der Waals surface area contributed by atoms with Crippen molar-refractivity contribution in [1.82, 2.24) is 9.80 Å². The molecule has 0 atom stereocenters. The number of piperidine rings is 2. The van der Waals surface area contributed by atoms with Crippen molar-refractivity contribution in [2.75, 3.05) is 32.7 Å². The Hall–Kier alpha value is -1.68. The monoisotopic (exact) mass is 344 g/mol. The smallest absolute Gasteiger partial charge is 0.225 e. The lowest BCUT2D eigenvalue weighted by atomic mass is 9.88. The van der Waals surface area contributed by atoms with E-state index in [0.717, 1.165) is 64.8 Å². The van der Waals surface area contributed by atoms with Gasteiger partial charge in [0.25, 0.3) is 0 Å². The number of hydrogen-bond donors (Lipinski definition) is 0. The highest BCUT2D eigenvalue weighted by Gasteiger charge is 2.30. The van der Waals surface area contributed by atoms with Crippen molar-refractivity contribution >= 4 is 5.91 Å². The molecule has 2 saturated heterocycles. The SMILES string of the molecule is C=CCN1CCC(C(=O)N2CCC(Cc3ccc(F)cc3)CC2)CC1. The van der Waals surface area contributed by atoms with E-state index in [2.05, 4.69) is 16.4 Å². The summed E-state index contributed by atoms with van der Waals surface area (Å²) in [5.74, 6) is 0.987. The number of amides is 1. The fourth-order valence-electron chi connectivity index (χ4n) is 4.11. The molecule has 1 aromatic rings. The lowest BCUT2D eigenvalue weighted by Gasteiger charge is -2.37. The summed E-state index contributed by atoms with van der Waals surface area (Å²) in [6.45, 7) is 8.47. The molecular weight excluding hydrogens is 315 g/mol. The van der Waals surface area contributed by atoms with Crippen LogP contribution in [0.3, 0.4) is 0 Å². The molecule has 3 nitrogen and oxygen atoms in total. The van der Waals surface area contributed by atoms with Crippen molar-refractivity contribution in [2.45, 2.75) is 32.1 Å². The van der Waals surface area contributed by atoms with Crippen molar-refractivity contribution in [2.24, 2.45) is 11.8 Å². The number of rotatable bonds is 5. The van der Waals surface area contributed by atoms with E-state index in [4.69, 9.17) is 0 Å². The van der Waals surface area contributed by atoms with E-state index in [1.54, 1.807) is 0 Å². The molecule has 0 aromatic heterocycles. The second-order valence-electron chi connectivity index (χ2n) is 7.46. The Morgan fingerprint density at radius 2 is 1.72 bits per heavy atom. The minimum absolute atomic E-state index is 0.177. The second kappa shape index (κ2) is 8.61. The van der Waals surface area contributed by atoms with Gasteiger partial charge in [-0.25, -0.2) is 4.39 Å². The minimum atomic E-state index is -0.177. The molecule has 2 aliphatic heterocycles. The molecule has 2 fully saturated rings. The Morgan fingerprint density at radius 3 is 2.32 bits per heavy atom. The van der Waals surface area contributed by atoms with Gasteiger partial charge in [0, 0.05) is 25.6 Å². The van der Waals surface area contributed by atoms with Crippen LogP contribution in [0.25, 0.3) is 0 Å². The first-order valence-electron chi connectivity index (χ1n) is 9.52. The lowest BCUT2D eigenvalue weighted by Crippen LogP contribution is -2.45. The molecule has 2 heterocycles. The summed E-state index contributed by atoms with van der Waals surface area (Å²) in [6, 6.07) is 6.83. The molecule has 0 unspecified atom stereocenters. The highest BCUT2D eigenvalue weighted by Crippen LogP contribution is 2.25.